The Morgan fingerprint density at radius 2 is 2.21 bits per heavy atom. The minimum Gasteiger partial charge on any atom is -0.372 e. The van der Waals surface area contributed by atoms with Crippen LogP contribution in [0.5, 0.6) is 0 Å². The normalized spacial score (nSPS) is 10.1. The van der Waals surface area contributed by atoms with Gasteiger partial charge in [0.15, 0.2) is 0 Å². The molecule has 0 fully saturated rings. The van der Waals surface area contributed by atoms with E-state index in [4.69, 9.17) is 0 Å². The van der Waals surface area contributed by atoms with Crippen LogP contribution in [0.3, 0.4) is 0 Å². The Morgan fingerprint density at radius 1 is 1.36 bits per heavy atom. The SMILES string of the molecule is CCCCSCc1cnc(NC)cn1. The largest absolute Gasteiger partial charge is 0.372 e. The fourth-order valence-corrected chi connectivity index (χ4v) is 1.98. The summed E-state index contributed by atoms with van der Waals surface area (Å²) in [5.41, 5.74) is 1.06. The first kappa shape index (κ1) is 11.3. The third-order valence-electron chi connectivity index (χ3n) is 1.85. The van der Waals surface area contributed by atoms with Crippen molar-refractivity contribution in [3.8, 4) is 0 Å². The van der Waals surface area contributed by atoms with Crippen molar-refractivity contribution in [2.24, 2.45) is 0 Å². The van der Waals surface area contributed by atoms with Crippen molar-refractivity contribution in [1.29, 1.82) is 0 Å². The topological polar surface area (TPSA) is 37.8 Å². The van der Waals surface area contributed by atoms with Crippen molar-refractivity contribution in [3.63, 3.8) is 0 Å². The lowest BCUT2D eigenvalue weighted by atomic mass is 10.4. The van der Waals surface area contributed by atoms with Crippen LogP contribution in [-0.4, -0.2) is 22.8 Å². The lowest BCUT2D eigenvalue weighted by molar-refractivity contribution is 0.895. The first-order chi connectivity index (χ1) is 6.86. The van der Waals surface area contributed by atoms with E-state index < -0.39 is 0 Å². The van der Waals surface area contributed by atoms with Crippen molar-refractivity contribution >= 4 is 17.6 Å². The van der Waals surface area contributed by atoms with E-state index >= 15 is 0 Å². The highest BCUT2D eigenvalue weighted by Gasteiger charge is 1.96. The van der Waals surface area contributed by atoms with Gasteiger partial charge in [-0.25, -0.2) is 4.98 Å². The van der Waals surface area contributed by atoms with Crippen LogP contribution in [0.15, 0.2) is 12.4 Å². The number of thioether (sulfide) groups is 1. The van der Waals surface area contributed by atoms with Gasteiger partial charge in [-0.05, 0) is 12.2 Å². The van der Waals surface area contributed by atoms with Gasteiger partial charge in [-0.15, -0.1) is 0 Å². The molecule has 0 aliphatic rings. The molecule has 0 saturated heterocycles. The van der Waals surface area contributed by atoms with Crippen molar-refractivity contribution in [1.82, 2.24) is 9.97 Å². The van der Waals surface area contributed by atoms with Gasteiger partial charge in [-0.1, -0.05) is 13.3 Å². The van der Waals surface area contributed by atoms with Crippen molar-refractivity contribution in [2.75, 3.05) is 18.1 Å². The molecule has 0 aliphatic heterocycles. The summed E-state index contributed by atoms with van der Waals surface area (Å²) in [6.45, 7) is 2.21. The Hall–Kier alpha value is -0.770. The number of rotatable bonds is 6. The number of nitrogens with one attached hydrogen (secondary N) is 1. The number of hydrogen-bond donors (Lipinski definition) is 1. The van der Waals surface area contributed by atoms with Crippen LogP contribution in [0.4, 0.5) is 5.82 Å². The lowest BCUT2D eigenvalue weighted by Crippen LogP contribution is -1.95. The molecule has 1 aromatic rings. The summed E-state index contributed by atoms with van der Waals surface area (Å²) in [5, 5.41) is 2.95. The van der Waals surface area contributed by atoms with Gasteiger partial charge in [0.05, 0.1) is 18.1 Å². The van der Waals surface area contributed by atoms with Crippen LogP contribution in [-0.2, 0) is 5.75 Å². The first-order valence-electron chi connectivity index (χ1n) is 4.93. The Bertz CT molecular complexity index is 248. The second kappa shape index (κ2) is 6.65. The van der Waals surface area contributed by atoms with Gasteiger partial charge < -0.3 is 5.32 Å². The second-order valence-corrected chi connectivity index (χ2v) is 4.15. The fraction of sp³-hybridized carbons (Fsp3) is 0.600. The Morgan fingerprint density at radius 3 is 2.79 bits per heavy atom. The van der Waals surface area contributed by atoms with E-state index in [-0.39, 0.29) is 0 Å². The minimum atomic E-state index is 0.826. The summed E-state index contributed by atoms with van der Waals surface area (Å²) < 4.78 is 0. The molecule has 1 aromatic heterocycles. The molecule has 0 spiro atoms. The van der Waals surface area contributed by atoms with E-state index in [1.54, 1.807) is 6.20 Å². The van der Waals surface area contributed by atoms with Crippen LogP contribution < -0.4 is 5.32 Å². The Labute approximate surface area is 89.7 Å². The lowest BCUT2D eigenvalue weighted by Gasteiger charge is -2.01. The quantitative estimate of drug-likeness (QED) is 0.734. The molecule has 4 heteroatoms. The molecule has 0 amide bonds. The predicted molar refractivity (Wildman–Crippen MR) is 62.6 cm³/mol. The van der Waals surface area contributed by atoms with Crippen molar-refractivity contribution in [2.45, 2.75) is 25.5 Å². The molecule has 0 aromatic carbocycles. The number of anilines is 1. The summed E-state index contributed by atoms with van der Waals surface area (Å²) in [5.74, 6) is 3.01. The average Bonchev–Trinajstić information content (AvgIpc) is 2.25. The number of unbranched alkanes of at least 4 members (excludes halogenated alkanes) is 1. The molecule has 0 unspecified atom stereocenters. The molecule has 0 radical (unpaired) electrons. The van der Waals surface area contributed by atoms with Gasteiger partial charge in [0.25, 0.3) is 0 Å². The van der Waals surface area contributed by atoms with E-state index in [9.17, 15) is 0 Å². The zero-order valence-electron chi connectivity index (χ0n) is 8.79. The zero-order valence-corrected chi connectivity index (χ0v) is 9.60. The van der Waals surface area contributed by atoms with E-state index in [0.29, 0.717) is 0 Å². The predicted octanol–water partition coefficient (Wildman–Crippen LogP) is 2.55. The van der Waals surface area contributed by atoms with Crippen LogP contribution in [0.25, 0.3) is 0 Å². The van der Waals surface area contributed by atoms with E-state index in [1.807, 2.05) is 25.0 Å². The Balaban J connectivity index is 2.29. The summed E-state index contributed by atoms with van der Waals surface area (Å²) in [6.07, 6.45) is 6.16. The monoisotopic (exact) mass is 211 g/mol. The highest BCUT2D eigenvalue weighted by molar-refractivity contribution is 7.98. The van der Waals surface area contributed by atoms with Crippen LogP contribution >= 0.6 is 11.8 Å². The maximum absolute atomic E-state index is 4.30. The first-order valence-corrected chi connectivity index (χ1v) is 6.08. The molecule has 1 heterocycles. The van der Waals surface area contributed by atoms with E-state index in [0.717, 1.165) is 17.3 Å². The smallest absolute Gasteiger partial charge is 0.144 e. The zero-order chi connectivity index (χ0) is 10.2. The van der Waals surface area contributed by atoms with E-state index in [2.05, 4.69) is 22.2 Å². The molecule has 3 nitrogen and oxygen atoms in total. The highest BCUT2D eigenvalue weighted by atomic mass is 32.2. The molecular formula is C10H17N3S. The number of aromatic nitrogens is 2. The third-order valence-corrected chi connectivity index (χ3v) is 2.93. The van der Waals surface area contributed by atoms with Crippen molar-refractivity contribution < 1.29 is 0 Å². The van der Waals surface area contributed by atoms with Crippen LogP contribution in [0.1, 0.15) is 25.5 Å². The van der Waals surface area contributed by atoms with E-state index in [1.165, 1.54) is 18.6 Å². The summed E-state index contributed by atoms with van der Waals surface area (Å²) >= 11 is 1.92. The molecule has 78 valence electrons. The molecule has 0 saturated carbocycles. The summed E-state index contributed by atoms with van der Waals surface area (Å²) in [6, 6.07) is 0. The fourth-order valence-electron chi connectivity index (χ4n) is 0.982. The maximum Gasteiger partial charge on any atom is 0.144 e. The second-order valence-electron chi connectivity index (χ2n) is 3.05. The number of nitrogens with zero attached hydrogens (tertiary/aromatic N) is 2. The van der Waals surface area contributed by atoms with Gasteiger partial charge in [0.1, 0.15) is 5.82 Å². The molecule has 0 bridgehead atoms. The van der Waals surface area contributed by atoms with Crippen LogP contribution in [0.2, 0.25) is 0 Å². The molecule has 14 heavy (non-hydrogen) atoms. The van der Waals surface area contributed by atoms with Crippen molar-refractivity contribution in [3.05, 3.63) is 18.1 Å². The molecular weight excluding hydrogens is 194 g/mol. The molecule has 0 atom stereocenters. The third kappa shape index (κ3) is 3.96. The maximum atomic E-state index is 4.30. The summed E-state index contributed by atoms with van der Waals surface area (Å²) in [4.78, 5) is 8.51. The Kier molecular flexibility index (Phi) is 5.37. The van der Waals surface area contributed by atoms with Gasteiger partial charge in [0, 0.05) is 12.8 Å². The van der Waals surface area contributed by atoms with Gasteiger partial charge in [0.2, 0.25) is 0 Å². The molecule has 0 aliphatic carbocycles. The van der Waals surface area contributed by atoms with Crippen LogP contribution in [0, 0.1) is 0 Å². The molecule has 1 rings (SSSR count). The number of hydrogen-bond acceptors (Lipinski definition) is 4. The van der Waals surface area contributed by atoms with Gasteiger partial charge in [-0.3, -0.25) is 4.98 Å². The molecule has 1 N–H and O–H groups in total. The van der Waals surface area contributed by atoms with Gasteiger partial charge in [-0.2, -0.15) is 11.8 Å². The summed E-state index contributed by atoms with van der Waals surface area (Å²) in [7, 11) is 1.85. The standard InChI is InChI=1S/C10H17N3S/c1-3-4-5-14-8-9-6-13-10(11-2)7-12-9/h6-7H,3-5,8H2,1-2H3,(H,11,13). The highest BCUT2D eigenvalue weighted by Crippen LogP contribution is 2.11. The minimum absolute atomic E-state index is 0.826. The average molecular weight is 211 g/mol. The van der Waals surface area contributed by atoms with Gasteiger partial charge >= 0.3 is 0 Å².